The second-order valence-electron chi connectivity index (χ2n) is 7.46. The van der Waals surface area contributed by atoms with Gasteiger partial charge in [-0.2, -0.15) is 0 Å². The Morgan fingerprint density at radius 1 is 0.971 bits per heavy atom. The molecule has 0 saturated carbocycles. The van der Waals surface area contributed by atoms with Crippen LogP contribution in [-0.4, -0.2) is 30.1 Å². The summed E-state index contributed by atoms with van der Waals surface area (Å²) in [7, 11) is 0. The molecule has 0 saturated heterocycles. The van der Waals surface area contributed by atoms with E-state index in [1.165, 1.54) is 18.2 Å². The van der Waals surface area contributed by atoms with Crippen LogP contribution in [-0.2, 0) is 19.1 Å². The zero-order valence-corrected chi connectivity index (χ0v) is 19.2. The molecule has 1 heterocycles. The average molecular weight is 463 g/mol. The lowest BCUT2D eigenvalue weighted by molar-refractivity contribution is -0.384. The van der Waals surface area contributed by atoms with Crippen LogP contribution in [0.3, 0.4) is 0 Å². The Morgan fingerprint density at radius 2 is 1.62 bits per heavy atom. The van der Waals surface area contributed by atoms with E-state index in [0.717, 1.165) is 5.56 Å². The molecule has 1 N–H and O–H groups in total. The highest BCUT2D eigenvalue weighted by Crippen LogP contribution is 2.40. The van der Waals surface area contributed by atoms with Crippen molar-refractivity contribution in [1.29, 1.82) is 0 Å². The van der Waals surface area contributed by atoms with Crippen molar-refractivity contribution < 1.29 is 24.0 Å². The van der Waals surface area contributed by atoms with Crippen LogP contribution in [0.1, 0.15) is 37.8 Å². The zero-order valence-electron chi connectivity index (χ0n) is 19.2. The van der Waals surface area contributed by atoms with Crippen molar-refractivity contribution in [2.45, 2.75) is 26.7 Å². The predicted octanol–water partition coefficient (Wildman–Crippen LogP) is 4.65. The number of nitro benzene ring substituents is 1. The Bertz CT molecular complexity index is 1180. The first-order valence-electron chi connectivity index (χ1n) is 10.9. The second-order valence-corrected chi connectivity index (χ2v) is 7.46. The lowest BCUT2D eigenvalue weighted by Gasteiger charge is -2.30. The molecule has 0 aliphatic carbocycles. The molecule has 0 spiro atoms. The molecule has 3 rings (SSSR count). The van der Waals surface area contributed by atoms with Gasteiger partial charge in [-0.3, -0.25) is 10.1 Å². The van der Waals surface area contributed by atoms with Gasteiger partial charge in [-0.25, -0.2) is 9.59 Å². The Hall–Kier alpha value is -4.20. The fourth-order valence-electron chi connectivity index (χ4n) is 3.80. The summed E-state index contributed by atoms with van der Waals surface area (Å²) in [4.78, 5) is 37.1. The molecular weight excluding hydrogens is 436 g/mol. The molecule has 0 radical (unpaired) electrons. The van der Waals surface area contributed by atoms with Gasteiger partial charge < -0.3 is 14.8 Å². The first kappa shape index (κ1) is 24.4. The van der Waals surface area contributed by atoms with E-state index in [1.54, 1.807) is 32.9 Å². The molecule has 8 heteroatoms. The fraction of sp³-hybridized carbons (Fsp3) is 0.231. The van der Waals surface area contributed by atoms with Gasteiger partial charge in [-0.15, -0.1) is 0 Å². The normalized spacial score (nSPS) is 15.8. The molecule has 0 bridgehead atoms. The number of carbonyl (C=O) groups is 2. The standard InChI is InChI=1S/C26H26N2O6/c1-4-33-25(29)22-17(3)27-21(15-14-18-10-7-6-8-11-18)24(26(30)34-5-2)23(22)19-12-9-13-20(16-19)28(31)32/h6-16,23,27H,4-5H2,1-3H3. The van der Waals surface area contributed by atoms with Crippen LogP contribution >= 0.6 is 0 Å². The lowest BCUT2D eigenvalue weighted by atomic mass is 9.80. The highest BCUT2D eigenvalue weighted by molar-refractivity contribution is 6.00. The van der Waals surface area contributed by atoms with E-state index in [2.05, 4.69) is 5.32 Å². The highest BCUT2D eigenvalue weighted by Gasteiger charge is 2.39. The Kier molecular flexibility index (Phi) is 7.97. The predicted molar refractivity (Wildman–Crippen MR) is 127 cm³/mol. The molecule has 176 valence electrons. The molecule has 1 unspecified atom stereocenters. The molecule has 1 aliphatic rings. The van der Waals surface area contributed by atoms with Crippen LogP contribution < -0.4 is 5.32 Å². The van der Waals surface area contributed by atoms with Gasteiger partial charge in [0.15, 0.2) is 0 Å². The number of carbonyl (C=O) groups excluding carboxylic acids is 2. The van der Waals surface area contributed by atoms with E-state index in [0.29, 0.717) is 17.0 Å². The van der Waals surface area contributed by atoms with Gasteiger partial charge in [-0.1, -0.05) is 48.5 Å². The fourth-order valence-corrected chi connectivity index (χ4v) is 3.80. The SMILES string of the molecule is CCOC(=O)C1=C(C)NC(C=Cc2ccccc2)=C(C(=O)OCC)C1c1cccc([N+](=O)[O-])c1. The summed E-state index contributed by atoms with van der Waals surface area (Å²) < 4.78 is 10.6. The zero-order chi connectivity index (χ0) is 24.7. The monoisotopic (exact) mass is 462 g/mol. The molecule has 2 aromatic carbocycles. The topological polar surface area (TPSA) is 108 Å². The Labute approximate surface area is 197 Å². The molecule has 1 aliphatic heterocycles. The van der Waals surface area contributed by atoms with E-state index in [1.807, 2.05) is 36.4 Å². The van der Waals surface area contributed by atoms with Crippen molar-refractivity contribution >= 4 is 23.7 Å². The van der Waals surface area contributed by atoms with Crippen LogP contribution in [0.25, 0.3) is 6.08 Å². The van der Waals surface area contributed by atoms with Gasteiger partial charge in [0.25, 0.3) is 5.69 Å². The molecule has 0 aromatic heterocycles. The van der Waals surface area contributed by atoms with E-state index in [9.17, 15) is 19.7 Å². The number of benzene rings is 2. The average Bonchev–Trinajstić information content (AvgIpc) is 2.83. The van der Waals surface area contributed by atoms with Crippen molar-refractivity contribution in [3.8, 4) is 0 Å². The van der Waals surface area contributed by atoms with Crippen LogP contribution in [0.4, 0.5) is 5.69 Å². The third-order valence-corrected chi connectivity index (χ3v) is 5.24. The minimum atomic E-state index is -0.922. The van der Waals surface area contributed by atoms with Crippen molar-refractivity contribution in [2.75, 3.05) is 13.2 Å². The maximum Gasteiger partial charge on any atom is 0.337 e. The Morgan fingerprint density at radius 3 is 2.24 bits per heavy atom. The number of allylic oxidation sites excluding steroid dienone is 2. The Balaban J connectivity index is 2.24. The number of hydrogen-bond donors (Lipinski definition) is 1. The van der Waals surface area contributed by atoms with Crippen molar-refractivity contribution in [1.82, 2.24) is 5.32 Å². The molecule has 0 amide bonds. The number of dihydropyridines is 1. The molecule has 34 heavy (non-hydrogen) atoms. The number of non-ortho nitro benzene ring substituents is 1. The molecule has 0 fully saturated rings. The lowest BCUT2D eigenvalue weighted by Crippen LogP contribution is -2.33. The minimum absolute atomic E-state index is 0.122. The largest absolute Gasteiger partial charge is 0.463 e. The first-order valence-corrected chi connectivity index (χ1v) is 10.9. The number of nitro groups is 1. The quantitative estimate of drug-likeness (QED) is 0.346. The number of rotatable bonds is 8. The van der Waals surface area contributed by atoms with Gasteiger partial charge in [0.2, 0.25) is 0 Å². The number of esters is 2. The maximum absolute atomic E-state index is 13.2. The summed E-state index contributed by atoms with van der Waals surface area (Å²) in [6, 6.07) is 15.4. The van der Waals surface area contributed by atoms with E-state index >= 15 is 0 Å². The summed E-state index contributed by atoms with van der Waals surface area (Å²) in [6.45, 7) is 5.33. The second kappa shape index (κ2) is 11.1. The number of hydrogen-bond acceptors (Lipinski definition) is 7. The van der Waals surface area contributed by atoms with Gasteiger partial charge in [0, 0.05) is 23.5 Å². The minimum Gasteiger partial charge on any atom is -0.463 e. The van der Waals surface area contributed by atoms with Crippen LogP contribution in [0.15, 0.2) is 83.2 Å². The molecule has 8 nitrogen and oxygen atoms in total. The van der Waals surface area contributed by atoms with Crippen LogP contribution in [0, 0.1) is 10.1 Å². The summed E-state index contributed by atoms with van der Waals surface area (Å²) in [5, 5.41) is 14.6. The van der Waals surface area contributed by atoms with Crippen LogP contribution in [0.5, 0.6) is 0 Å². The van der Waals surface area contributed by atoms with E-state index in [4.69, 9.17) is 9.47 Å². The number of nitrogens with zero attached hydrogens (tertiary/aromatic N) is 1. The van der Waals surface area contributed by atoms with Crippen LogP contribution in [0.2, 0.25) is 0 Å². The van der Waals surface area contributed by atoms with Crippen molar-refractivity contribution in [2.24, 2.45) is 0 Å². The summed E-state index contributed by atoms with van der Waals surface area (Å²) >= 11 is 0. The van der Waals surface area contributed by atoms with Gasteiger partial charge >= 0.3 is 11.9 Å². The van der Waals surface area contributed by atoms with Crippen molar-refractivity contribution in [3.63, 3.8) is 0 Å². The summed E-state index contributed by atoms with van der Waals surface area (Å²) in [5.74, 6) is -2.17. The van der Waals surface area contributed by atoms with E-state index < -0.39 is 22.8 Å². The van der Waals surface area contributed by atoms with Gasteiger partial charge in [0.1, 0.15) is 0 Å². The van der Waals surface area contributed by atoms with Crippen molar-refractivity contribution in [3.05, 3.63) is 104 Å². The first-order chi connectivity index (χ1) is 16.4. The summed E-state index contributed by atoms with van der Waals surface area (Å²) in [5.41, 5.74) is 2.45. The van der Waals surface area contributed by atoms with Gasteiger partial charge in [-0.05, 0) is 38.0 Å². The molecular formula is C26H26N2O6. The third kappa shape index (κ3) is 5.40. The maximum atomic E-state index is 13.2. The molecule has 2 aromatic rings. The number of ether oxygens (including phenoxy) is 2. The van der Waals surface area contributed by atoms with E-state index in [-0.39, 0.29) is 30.0 Å². The third-order valence-electron chi connectivity index (χ3n) is 5.24. The smallest absolute Gasteiger partial charge is 0.337 e. The number of nitrogens with one attached hydrogen (secondary N) is 1. The summed E-state index contributed by atoms with van der Waals surface area (Å²) in [6.07, 6.45) is 3.56. The van der Waals surface area contributed by atoms with Gasteiger partial charge in [0.05, 0.1) is 35.2 Å². The molecule has 1 atom stereocenters. The highest BCUT2D eigenvalue weighted by atomic mass is 16.6.